The number of aliphatic carboxylic acids is 1. The first kappa shape index (κ1) is 16.3. The van der Waals surface area contributed by atoms with Crippen LogP contribution in [0.5, 0.6) is 0 Å². The Kier molecular flexibility index (Phi) is 6.08. The molecule has 0 saturated carbocycles. The summed E-state index contributed by atoms with van der Waals surface area (Å²) in [6, 6.07) is 5.91. The van der Waals surface area contributed by atoms with Gasteiger partial charge in [-0.3, -0.25) is 4.79 Å². The molecule has 2 rings (SSSR count). The standard InChI is InChI=1S/C14H17BrN2O3S/c1-2-20-7-3-6-17-12-5-4-10(15)8-11(12)16-14(17)21-9-13(18)19/h4-5,8H,2-3,6-7,9H2,1H3,(H,18,19). The summed E-state index contributed by atoms with van der Waals surface area (Å²) in [6.45, 7) is 4.13. The molecule has 1 aromatic carbocycles. The van der Waals surface area contributed by atoms with Crippen molar-refractivity contribution < 1.29 is 14.6 Å². The molecule has 0 saturated heterocycles. The van der Waals surface area contributed by atoms with Gasteiger partial charge in [-0.05, 0) is 31.5 Å². The highest BCUT2D eigenvalue weighted by Gasteiger charge is 2.12. The van der Waals surface area contributed by atoms with Gasteiger partial charge in [-0.25, -0.2) is 4.98 Å². The first-order valence-corrected chi connectivity index (χ1v) is 8.47. The van der Waals surface area contributed by atoms with Gasteiger partial charge >= 0.3 is 5.97 Å². The molecule has 1 heterocycles. The molecule has 0 aliphatic rings. The third-order valence-electron chi connectivity index (χ3n) is 2.87. The van der Waals surface area contributed by atoms with Gasteiger partial charge in [0, 0.05) is 24.2 Å². The fourth-order valence-electron chi connectivity index (χ4n) is 2.00. The maximum Gasteiger partial charge on any atom is 0.313 e. The van der Waals surface area contributed by atoms with Crippen molar-refractivity contribution in [1.29, 1.82) is 0 Å². The molecule has 114 valence electrons. The maximum atomic E-state index is 10.8. The highest BCUT2D eigenvalue weighted by molar-refractivity contribution is 9.10. The van der Waals surface area contributed by atoms with Crippen molar-refractivity contribution in [3.05, 3.63) is 22.7 Å². The van der Waals surface area contributed by atoms with E-state index in [9.17, 15) is 4.79 Å². The number of carboxylic acids is 1. The molecule has 1 N–H and O–H groups in total. The number of aryl methyl sites for hydroxylation is 1. The summed E-state index contributed by atoms with van der Waals surface area (Å²) < 4.78 is 8.38. The summed E-state index contributed by atoms with van der Waals surface area (Å²) in [6.07, 6.45) is 0.871. The number of carboxylic acid groups (broad SMARTS) is 1. The van der Waals surface area contributed by atoms with Gasteiger partial charge in [-0.2, -0.15) is 0 Å². The zero-order valence-electron chi connectivity index (χ0n) is 11.7. The molecule has 0 amide bonds. The van der Waals surface area contributed by atoms with Crippen molar-refractivity contribution in [1.82, 2.24) is 9.55 Å². The number of halogens is 1. The van der Waals surface area contributed by atoms with Crippen molar-refractivity contribution in [2.45, 2.75) is 25.0 Å². The minimum atomic E-state index is -0.839. The number of fused-ring (bicyclic) bond motifs is 1. The third kappa shape index (κ3) is 4.46. The fraction of sp³-hybridized carbons (Fsp3) is 0.429. The summed E-state index contributed by atoms with van der Waals surface area (Å²) in [4.78, 5) is 15.3. The van der Waals surface area contributed by atoms with Crippen LogP contribution in [0.1, 0.15) is 13.3 Å². The lowest BCUT2D eigenvalue weighted by molar-refractivity contribution is -0.133. The van der Waals surface area contributed by atoms with E-state index in [0.717, 1.165) is 33.6 Å². The minimum Gasteiger partial charge on any atom is -0.481 e. The third-order valence-corrected chi connectivity index (χ3v) is 4.33. The molecule has 1 aromatic heterocycles. The molecule has 0 radical (unpaired) electrons. The van der Waals surface area contributed by atoms with Crippen LogP contribution in [0.4, 0.5) is 0 Å². The van der Waals surface area contributed by atoms with Crippen molar-refractivity contribution in [2.24, 2.45) is 0 Å². The van der Waals surface area contributed by atoms with E-state index in [1.54, 1.807) is 0 Å². The Labute approximate surface area is 135 Å². The SMILES string of the molecule is CCOCCCn1c(SCC(=O)O)nc2cc(Br)ccc21. The molecular formula is C14H17BrN2O3S. The largest absolute Gasteiger partial charge is 0.481 e. The van der Waals surface area contributed by atoms with Gasteiger partial charge in [0.2, 0.25) is 0 Å². The van der Waals surface area contributed by atoms with Crippen LogP contribution in [-0.2, 0) is 16.1 Å². The lowest BCUT2D eigenvalue weighted by atomic mass is 10.3. The van der Waals surface area contributed by atoms with Gasteiger partial charge in [-0.1, -0.05) is 27.7 Å². The number of ether oxygens (including phenoxy) is 1. The molecule has 0 unspecified atom stereocenters. The van der Waals surface area contributed by atoms with Crippen LogP contribution in [0.15, 0.2) is 27.8 Å². The van der Waals surface area contributed by atoms with E-state index in [2.05, 4.69) is 25.5 Å². The lowest BCUT2D eigenvalue weighted by Gasteiger charge is -2.08. The van der Waals surface area contributed by atoms with Gasteiger partial charge in [0.05, 0.1) is 16.8 Å². The normalized spacial score (nSPS) is 11.1. The highest BCUT2D eigenvalue weighted by Crippen LogP contribution is 2.26. The van der Waals surface area contributed by atoms with Crippen molar-refractivity contribution in [3.8, 4) is 0 Å². The van der Waals surface area contributed by atoms with Crippen LogP contribution in [0.3, 0.4) is 0 Å². The Morgan fingerprint density at radius 2 is 2.33 bits per heavy atom. The van der Waals surface area contributed by atoms with E-state index in [1.807, 2.05) is 25.1 Å². The van der Waals surface area contributed by atoms with Crippen LogP contribution < -0.4 is 0 Å². The summed E-state index contributed by atoms with van der Waals surface area (Å²) >= 11 is 4.68. The molecule has 7 heteroatoms. The second-order valence-electron chi connectivity index (χ2n) is 4.41. The smallest absolute Gasteiger partial charge is 0.313 e. The van der Waals surface area contributed by atoms with Crippen LogP contribution in [0.25, 0.3) is 11.0 Å². The average molecular weight is 373 g/mol. The zero-order chi connectivity index (χ0) is 15.2. The lowest BCUT2D eigenvalue weighted by Crippen LogP contribution is -2.06. The number of thioether (sulfide) groups is 1. The predicted molar refractivity (Wildman–Crippen MR) is 86.9 cm³/mol. The molecular weight excluding hydrogens is 356 g/mol. The number of aromatic nitrogens is 2. The first-order chi connectivity index (χ1) is 10.1. The Hall–Kier alpha value is -1.05. The van der Waals surface area contributed by atoms with Crippen molar-refractivity contribution in [3.63, 3.8) is 0 Å². The molecule has 0 bridgehead atoms. The Morgan fingerprint density at radius 1 is 1.52 bits per heavy atom. The Morgan fingerprint density at radius 3 is 3.05 bits per heavy atom. The second kappa shape index (κ2) is 7.82. The Balaban J connectivity index is 2.23. The second-order valence-corrected chi connectivity index (χ2v) is 6.27. The molecule has 0 aliphatic carbocycles. The van der Waals surface area contributed by atoms with Crippen LogP contribution >= 0.6 is 27.7 Å². The summed E-state index contributed by atoms with van der Waals surface area (Å²) in [7, 11) is 0. The minimum absolute atomic E-state index is 0.00987. The van der Waals surface area contributed by atoms with Gasteiger partial charge in [0.1, 0.15) is 0 Å². The van der Waals surface area contributed by atoms with E-state index >= 15 is 0 Å². The number of hydrogen-bond acceptors (Lipinski definition) is 4. The van der Waals surface area contributed by atoms with Crippen molar-refractivity contribution >= 4 is 44.7 Å². The van der Waals surface area contributed by atoms with Crippen molar-refractivity contribution in [2.75, 3.05) is 19.0 Å². The van der Waals surface area contributed by atoms with E-state index < -0.39 is 5.97 Å². The van der Waals surface area contributed by atoms with Crippen LogP contribution in [0.2, 0.25) is 0 Å². The first-order valence-electron chi connectivity index (χ1n) is 6.70. The van der Waals surface area contributed by atoms with Crippen LogP contribution in [-0.4, -0.2) is 39.6 Å². The maximum absolute atomic E-state index is 10.8. The van der Waals surface area contributed by atoms with E-state index in [0.29, 0.717) is 13.2 Å². The fourth-order valence-corrected chi connectivity index (χ4v) is 3.11. The molecule has 5 nitrogen and oxygen atoms in total. The number of rotatable bonds is 8. The number of hydrogen-bond donors (Lipinski definition) is 1. The molecule has 2 aromatic rings. The monoisotopic (exact) mass is 372 g/mol. The number of carbonyl (C=O) groups is 1. The molecule has 0 aliphatic heterocycles. The molecule has 21 heavy (non-hydrogen) atoms. The predicted octanol–water partition coefficient (Wildman–Crippen LogP) is 3.40. The highest BCUT2D eigenvalue weighted by atomic mass is 79.9. The average Bonchev–Trinajstić information content (AvgIpc) is 2.78. The summed E-state index contributed by atoms with van der Waals surface area (Å²) in [5, 5.41) is 9.58. The Bertz CT molecular complexity index is 630. The van der Waals surface area contributed by atoms with Gasteiger partial charge in [-0.15, -0.1) is 0 Å². The molecule has 0 atom stereocenters. The van der Waals surface area contributed by atoms with Gasteiger partial charge in [0.15, 0.2) is 5.16 Å². The zero-order valence-corrected chi connectivity index (χ0v) is 14.1. The van der Waals surface area contributed by atoms with Gasteiger partial charge < -0.3 is 14.4 Å². The number of benzene rings is 1. The van der Waals surface area contributed by atoms with E-state index in [1.165, 1.54) is 11.8 Å². The van der Waals surface area contributed by atoms with Gasteiger partial charge in [0.25, 0.3) is 0 Å². The topological polar surface area (TPSA) is 64.3 Å². The number of imidazole rings is 1. The van der Waals surface area contributed by atoms with E-state index in [4.69, 9.17) is 9.84 Å². The number of nitrogens with zero attached hydrogens (tertiary/aromatic N) is 2. The molecule has 0 fully saturated rings. The van der Waals surface area contributed by atoms with Crippen LogP contribution in [0, 0.1) is 0 Å². The summed E-state index contributed by atoms with van der Waals surface area (Å²) in [5.41, 5.74) is 1.89. The molecule has 0 spiro atoms. The van der Waals surface area contributed by atoms with E-state index in [-0.39, 0.29) is 5.75 Å². The summed E-state index contributed by atoms with van der Waals surface area (Å²) in [5.74, 6) is -0.829. The quantitative estimate of drug-likeness (QED) is 0.568.